The number of carbonyl (C=O) groups excluding carboxylic acids is 1. The first kappa shape index (κ1) is 15.8. The van der Waals surface area contributed by atoms with Crippen LogP contribution in [0.5, 0.6) is 11.5 Å². The molecule has 1 aromatic heterocycles. The fourth-order valence-electron chi connectivity index (χ4n) is 2.69. The maximum Gasteiger partial charge on any atom is 0.261 e. The Morgan fingerprint density at radius 2 is 1.80 bits per heavy atom. The van der Waals surface area contributed by atoms with Gasteiger partial charge in [-0.25, -0.2) is 4.98 Å². The summed E-state index contributed by atoms with van der Waals surface area (Å²) in [5, 5.41) is 0.398. The van der Waals surface area contributed by atoms with E-state index in [4.69, 9.17) is 9.47 Å². The van der Waals surface area contributed by atoms with Gasteiger partial charge < -0.3 is 9.47 Å². The molecule has 0 saturated heterocycles. The Labute approximate surface area is 151 Å². The van der Waals surface area contributed by atoms with E-state index in [-0.39, 0.29) is 17.9 Å². The predicted octanol–water partition coefficient (Wildman–Crippen LogP) is 2.81. The van der Waals surface area contributed by atoms with Crippen molar-refractivity contribution >= 4 is 32.6 Å². The molecule has 6 nitrogen and oxygen atoms in total. The fourth-order valence-corrected chi connectivity index (χ4v) is 2.95. The molecule has 1 aliphatic rings. The second-order valence-electron chi connectivity index (χ2n) is 5.62. The van der Waals surface area contributed by atoms with E-state index >= 15 is 0 Å². The zero-order chi connectivity index (χ0) is 17.4. The topological polar surface area (TPSA) is 70.4 Å². The molecule has 4 rings (SSSR count). The van der Waals surface area contributed by atoms with E-state index in [1.165, 1.54) is 10.9 Å². The van der Waals surface area contributed by atoms with Gasteiger partial charge in [-0.2, -0.15) is 0 Å². The quantitative estimate of drug-likeness (QED) is 0.632. The van der Waals surface area contributed by atoms with Crippen molar-refractivity contribution in [2.75, 3.05) is 13.2 Å². The predicted molar refractivity (Wildman–Crippen MR) is 95.5 cm³/mol. The van der Waals surface area contributed by atoms with E-state index in [0.29, 0.717) is 41.2 Å². The number of carbonyl (C=O) groups is 1. The van der Waals surface area contributed by atoms with Crippen LogP contribution in [-0.2, 0) is 6.54 Å². The molecule has 0 N–H and O–H groups in total. The highest BCUT2D eigenvalue weighted by Gasteiger charge is 2.16. The van der Waals surface area contributed by atoms with Crippen LogP contribution in [0.2, 0.25) is 0 Å². The van der Waals surface area contributed by atoms with Gasteiger partial charge in [0.15, 0.2) is 17.3 Å². The van der Waals surface area contributed by atoms with Crippen LogP contribution >= 0.6 is 15.9 Å². The maximum absolute atomic E-state index is 12.7. The minimum atomic E-state index is -0.285. The Morgan fingerprint density at radius 1 is 1.12 bits per heavy atom. The largest absolute Gasteiger partial charge is 0.486 e. The third-order valence-corrected chi connectivity index (χ3v) is 4.50. The molecule has 0 unspecified atom stereocenters. The Bertz CT molecular complexity index is 1030. The monoisotopic (exact) mass is 400 g/mol. The second kappa shape index (κ2) is 6.33. The smallest absolute Gasteiger partial charge is 0.261 e. The molecule has 7 heteroatoms. The van der Waals surface area contributed by atoms with E-state index in [0.717, 1.165) is 4.47 Å². The van der Waals surface area contributed by atoms with Crippen molar-refractivity contribution < 1.29 is 14.3 Å². The highest BCUT2D eigenvalue weighted by Crippen LogP contribution is 2.32. The number of hydrogen-bond donors (Lipinski definition) is 0. The summed E-state index contributed by atoms with van der Waals surface area (Å²) in [6.45, 7) is 0.837. The Balaban J connectivity index is 1.70. The SMILES string of the molecule is O=C(Cn1cnc2cc3c(cc2c1=O)OCCO3)c1ccc(Br)cc1. The number of nitrogens with zero attached hydrogens (tertiary/aromatic N) is 2. The second-order valence-corrected chi connectivity index (χ2v) is 6.54. The fraction of sp³-hybridized carbons (Fsp3) is 0.167. The lowest BCUT2D eigenvalue weighted by Gasteiger charge is -2.18. The summed E-state index contributed by atoms with van der Waals surface area (Å²) in [7, 11) is 0. The van der Waals surface area contributed by atoms with Crippen molar-refractivity contribution in [2.45, 2.75) is 6.54 Å². The number of Topliss-reactive ketones (excluding diaryl/α,β-unsaturated/α-hetero) is 1. The van der Waals surface area contributed by atoms with E-state index in [1.54, 1.807) is 36.4 Å². The molecule has 0 spiro atoms. The van der Waals surface area contributed by atoms with Gasteiger partial charge in [-0.1, -0.05) is 28.1 Å². The summed E-state index contributed by atoms with van der Waals surface area (Å²) in [4.78, 5) is 29.4. The van der Waals surface area contributed by atoms with Crippen LogP contribution in [0.25, 0.3) is 10.9 Å². The minimum Gasteiger partial charge on any atom is -0.486 e. The van der Waals surface area contributed by atoms with Crippen LogP contribution < -0.4 is 15.0 Å². The van der Waals surface area contributed by atoms with Crippen molar-refractivity contribution in [1.82, 2.24) is 9.55 Å². The first-order valence-electron chi connectivity index (χ1n) is 7.69. The number of rotatable bonds is 3. The van der Waals surface area contributed by atoms with Crippen LogP contribution in [-0.4, -0.2) is 28.5 Å². The van der Waals surface area contributed by atoms with Gasteiger partial charge in [-0.05, 0) is 18.2 Å². The van der Waals surface area contributed by atoms with Crippen LogP contribution in [0.15, 0.2) is 52.0 Å². The molecule has 2 aromatic carbocycles. The van der Waals surface area contributed by atoms with Crippen LogP contribution in [0.1, 0.15) is 10.4 Å². The summed E-state index contributed by atoms with van der Waals surface area (Å²) in [6.07, 6.45) is 1.39. The molecular formula is C18H13BrN2O4. The molecule has 0 saturated carbocycles. The van der Waals surface area contributed by atoms with Crippen molar-refractivity contribution in [3.8, 4) is 11.5 Å². The van der Waals surface area contributed by atoms with Gasteiger partial charge >= 0.3 is 0 Å². The molecule has 0 aliphatic carbocycles. The van der Waals surface area contributed by atoms with Crippen LogP contribution in [0.4, 0.5) is 0 Å². The number of benzene rings is 2. The van der Waals surface area contributed by atoms with Gasteiger partial charge in [0.2, 0.25) is 0 Å². The summed E-state index contributed by atoms with van der Waals surface area (Å²) in [6, 6.07) is 10.3. The normalized spacial score (nSPS) is 13.0. The van der Waals surface area contributed by atoms with Crippen molar-refractivity contribution in [3.63, 3.8) is 0 Å². The number of ketones is 1. The van der Waals surface area contributed by atoms with Gasteiger partial charge in [-0.3, -0.25) is 14.2 Å². The van der Waals surface area contributed by atoms with Crippen LogP contribution in [0, 0.1) is 0 Å². The van der Waals surface area contributed by atoms with Gasteiger partial charge in [-0.15, -0.1) is 0 Å². The third kappa shape index (κ3) is 3.02. The molecule has 126 valence electrons. The van der Waals surface area contributed by atoms with Crippen molar-refractivity contribution in [2.24, 2.45) is 0 Å². The van der Waals surface area contributed by atoms with Crippen LogP contribution in [0.3, 0.4) is 0 Å². The number of aromatic nitrogens is 2. The summed E-state index contributed by atoms with van der Waals surface area (Å²) in [5.41, 5.74) is 0.770. The molecule has 25 heavy (non-hydrogen) atoms. The lowest BCUT2D eigenvalue weighted by Crippen LogP contribution is -2.25. The summed E-state index contributed by atoms with van der Waals surface area (Å²) >= 11 is 3.33. The minimum absolute atomic E-state index is 0.0716. The molecule has 0 amide bonds. The average Bonchev–Trinajstić information content (AvgIpc) is 2.63. The van der Waals surface area contributed by atoms with Gasteiger partial charge in [0, 0.05) is 16.1 Å². The lowest BCUT2D eigenvalue weighted by atomic mass is 10.1. The zero-order valence-corrected chi connectivity index (χ0v) is 14.7. The van der Waals surface area contributed by atoms with Crippen molar-refractivity contribution in [1.29, 1.82) is 0 Å². The van der Waals surface area contributed by atoms with Gasteiger partial charge in [0.25, 0.3) is 5.56 Å². The molecule has 0 atom stereocenters. The standard InChI is InChI=1S/C18H13BrN2O4/c19-12-3-1-11(2-4-12)15(22)9-21-10-20-14-8-17-16(24-5-6-25-17)7-13(14)18(21)23/h1-4,7-8,10H,5-6,9H2. The van der Waals surface area contributed by atoms with E-state index in [1.807, 2.05) is 0 Å². The van der Waals surface area contributed by atoms with E-state index < -0.39 is 0 Å². The Hall–Kier alpha value is -2.67. The van der Waals surface area contributed by atoms with Crippen molar-refractivity contribution in [3.05, 3.63) is 63.1 Å². The maximum atomic E-state index is 12.7. The molecule has 3 aromatic rings. The average molecular weight is 401 g/mol. The summed E-state index contributed by atoms with van der Waals surface area (Å²) in [5.74, 6) is 0.942. The Kier molecular flexibility index (Phi) is 4.01. The Morgan fingerprint density at radius 3 is 2.52 bits per heavy atom. The molecule has 1 aliphatic heterocycles. The molecule has 0 fully saturated rings. The number of halogens is 1. The highest BCUT2D eigenvalue weighted by atomic mass is 79.9. The highest BCUT2D eigenvalue weighted by molar-refractivity contribution is 9.10. The summed E-state index contributed by atoms with van der Waals surface area (Å²) < 4.78 is 13.2. The van der Waals surface area contributed by atoms with E-state index in [9.17, 15) is 9.59 Å². The first-order chi connectivity index (χ1) is 12.1. The molecule has 0 radical (unpaired) electrons. The lowest BCUT2D eigenvalue weighted by molar-refractivity contribution is 0.0970. The number of fused-ring (bicyclic) bond motifs is 2. The number of ether oxygens (including phenoxy) is 2. The molecular weight excluding hydrogens is 388 g/mol. The third-order valence-electron chi connectivity index (χ3n) is 3.97. The van der Waals surface area contributed by atoms with Gasteiger partial charge in [0.1, 0.15) is 13.2 Å². The number of hydrogen-bond acceptors (Lipinski definition) is 5. The first-order valence-corrected chi connectivity index (χ1v) is 8.49. The molecule has 2 heterocycles. The van der Waals surface area contributed by atoms with E-state index in [2.05, 4.69) is 20.9 Å². The van der Waals surface area contributed by atoms with Gasteiger partial charge in [0.05, 0.1) is 23.8 Å². The molecule has 0 bridgehead atoms. The zero-order valence-electron chi connectivity index (χ0n) is 13.1.